The highest BCUT2D eigenvalue weighted by molar-refractivity contribution is 9.23. The standard InChI is InChI=1S/C17H25.BrH.Mg/c1-2-3-5-8-15-11-13-17(14-12-15)16-9-6-4-7-10-16;;/h4,6-7,9,15,17H,2-3,5,8,11-14H2,1H3;1H;/q;;+1/p-1/t15-,17-;;. The maximum absolute atomic E-state index is 3.77. The quantitative estimate of drug-likeness (QED) is 0.497. The number of hydrogen-bond donors (Lipinski definition) is 0. The highest BCUT2D eigenvalue weighted by atomic mass is 79.9. The molecule has 2 rings (SSSR count). The monoisotopic (exact) mass is 332 g/mol. The summed E-state index contributed by atoms with van der Waals surface area (Å²) in [6.07, 6.45) is 11.5. The molecule has 0 atom stereocenters. The molecular weight excluding hydrogens is 308 g/mol. The van der Waals surface area contributed by atoms with E-state index in [-0.39, 0.29) is 18.2 Å². The first-order chi connectivity index (χ1) is 9.35. The van der Waals surface area contributed by atoms with Crippen LogP contribution in [0.25, 0.3) is 0 Å². The van der Waals surface area contributed by atoms with Crippen LogP contribution in [0.1, 0.15) is 69.8 Å². The van der Waals surface area contributed by atoms with Gasteiger partial charge in [0, 0.05) is 0 Å². The van der Waals surface area contributed by atoms with E-state index in [2.05, 4.69) is 44.1 Å². The van der Waals surface area contributed by atoms with Gasteiger partial charge in [-0.15, -0.1) is 3.69 Å². The molecule has 0 nitrogen and oxygen atoms in total. The fourth-order valence-corrected chi connectivity index (χ4v) is 5.82. The minimum absolute atomic E-state index is 0.200. The zero-order chi connectivity index (χ0) is 13.5. The lowest BCUT2D eigenvalue weighted by molar-refractivity contribution is 0.303. The summed E-state index contributed by atoms with van der Waals surface area (Å²) < 4.78 is 1.64. The molecule has 102 valence electrons. The van der Waals surface area contributed by atoms with E-state index in [1.165, 1.54) is 51.4 Å². The van der Waals surface area contributed by atoms with Crippen LogP contribution in [0.15, 0.2) is 24.3 Å². The van der Waals surface area contributed by atoms with E-state index in [0.29, 0.717) is 0 Å². The van der Waals surface area contributed by atoms with Gasteiger partial charge in [-0.25, -0.2) is 0 Å². The molecule has 1 aliphatic rings. The molecule has 1 aliphatic carbocycles. The molecule has 1 fully saturated rings. The lowest BCUT2D eigenvalue weighted by Crippen LogP contribution is -2.21. The molecule has 2 heteroatoms. The smallest absolute Gasteiger partial charge is 0.296 e. The van der Waals surface area contributed by atoms with Crippen molar-refractivity contribution < 1.29 is 0 Å². The van der Waals surface area contributed by atoms with Crippen LogP contribution in [-0.2, 0) is 0 Å². The molecule has 0 bridgehead atoms. The summed E-state index contributed by atoms with van der Waals surface area (Å²) in [5.41, 5.74) is 1.66. The average Bonchev–Trinajstić information content (AvgIpc) is 2.48. The largest absolute Gasteiger partial charge is 0.507 e. The maximum Gasteiger partial charge on any atom is 0.507 e. The minimum Gasteiger partial charge on any atom is -0.296 e. The molecule has 1 aromatic rings. The molecule has 0 amide bonds. The Balaban J connectivity index is 1.85. The lowest BCUT2D eigenvalue weighted by Gasteiger charge is -2.30. The third kappa shape index (κ3) is 4.75. The second kappa shape index (κ2) is 8.69. The van der Waals surface area contributed by atoms with Crippen molar-refractivity contribution >= 4 is 34.8 Å². The summed E-state index contributed by atoms with van der Waals surface area (Å²) in [6.45, 7) is 2.30. The molecule has 1 aromatic carbocycles. The highest BCUT2D eigenvalue weighted by Gasteiger charge is 2.23. The van der Waals surface area contributed by atoms with Crippen LogP contribution in [0.4, 0.5) is 0 Å². The van der Waals surface area contributed by atoms with E-state index >= 15 is 0 Å². The second-order valence-electron chi connectivity index (χ2n) is 6.05. The van der Waals surface area contributed by atoms with Crippen LogP contribution in [0, 0.1) is 5.92 Å². The summed E-state index contributed by atoms with van der Waals surface area (Å²) in [5.74, 6) is 1.87. The molecule has 0 saturated heterocycles. The molecule has 1 saturated carbocycles. The van der Waals surface area contributed by atoms with Crippen molar-refractivity contribution in [3.63, 3.8) is 0 Å². The first-order valence-corrected chi connectivity index (χ1v) is 12.6. The van der Waals surface area contributed by atoms with Gasteiger partial charge in [-0.2, -0.15) is 0 Å². The second-order valence-corrected chi connectivity index (χ2v) is 8.76. The van der Waals surface area contributed by atoms with Crippen LogP contribution in [0.3, 0.4) is 0 Å². The first kappa shape index (κ1) is 15.8. The van der Waals surface area contributed by atoms with Gasteiger partial charge in [0.05, 0.1) is 0 Å². The van der Waals surface area contributed by atoms with Gasteiger partial charge in [0.15, 0.2) is 0 Å². The number of rotatable bonds is 6. The summed E-state index contributed by atoms with van der Waals surface area (Å²) in [5, 5.41) is 0. The molecule has 0 aliphatic heterocycles. The average molecular weight is 334 g/mol. The Morgan fingerprint density at radius 3 is 2.53 bits per heavy atom. The highest BCUT2D eigenvalue weighted by Crippen LogP contribution is 2.37. The lowest BCUT2D eigenvalue weighted by atomic mass is 9.77. The van der Waals surface area contributed by atoms with Crippen LogP contribution < -0.4 is 3.69 Å². The van der Waals surface area contributed by atoms with E-state index in [1.54, 1.807) is 9.26 Å². The van der Waals surface area contributed by atoms with E-state index in [0.717, 1.165) is 11.8 Å². The summed E-state index contributed by atoms with van der Waals surface area (Å²) in [6, 6.07) is 9.14. The maximum atomic E-state index is 3.77. The Labute approximate surface area is 134 Å². The van der Waals surface area contributed by atoms with Gasteiger partial charge in [-0.1, -0.05) is 62.4 Å². The predicted molar refractivity (Wildman–Crippen MR) is 89.6 cm³/mol. The number of benzene rings is 1. The van der Waals surface area contributed by atoms with E-state index < -0.39 is 0 Å². The van der Waals surface area contributed by atoms with Crippen molar-refractivity contribution in [1.29, 1.82) is 0 Å². The Morgan fingerprint density at radius 1 is 1.11 bits per heavy atom. The summed E-state index contributed by atoms with van der Waals surface area (Å²) >= 11 is 3.57. The third-order valence-corrected chi connectivity index (χ3v) is 7.45. The summed E-state index contributed by atoms with van der Waals surface area (Å²) in [4.78, 5) is 0. The van der Waals surface area contributed by atoms with Crippen molar-refractivity contribution in [2.75, 3.05) is 0 Å². The van der Waals surface area contributed by atoms with Crippen molar-refractivity contribution in [2.24, 2.45) is 5.92 Å². The van der Waals surface area contributed by atoms with Gasteiger partial charge in [0.2, 0.25) is 0 Å². The summed E-state index contributed by atoms with van der Waals surface area (Å²) in [7, 11) is 0. The van der Waals surface area contributed by atoms with Crippen LogP contribution in [-0.4, -0.2) is 18.2 Å². The molecule has 0 unspecified atom stereocenters. The molecule has 0 heterocycles. The predicted octanol–water partition coefficient (Wildman–Crippen LogP) is 5.18. The zero-order valence-corrected chi connectivity index (χ0v) is 15.2. The molecular formula is C17H25BrMg. The van der Waals surface area contributed by atoms with Gasteiger partial charge in [-0.3, -0.25) is 12.9 Å². The van der Waals surface area contributed by atoms with Gasteiger partial charge in [0.25, 0.3) is 0 Å². The van der Waals surface area contributed by atoms with E-state index in [1.807, 2.05) is 0 Å². The van der Waals surface area contributed by atoms with Crippen molar-refractivity contribution in [3.8, 4) is 0 Å². The van der Waals surface area contributed by atoms with Crippen LogP contribution in [0.5, 0.6) is 0 Å². The fourth-order valence-electron chi connectivity index (χ4n) is 3.50. The first-order valence-electron chi connectivity index (χ1n) is 7.99. The van der Waals surface area contributed by atoms with Crippen LogP contribution >= 0.6 is 12.9 Å². The molecule has 0 radical (unpaired) electrons. The van der Waals surface area contributed by atoms with Gasteiger partial charge in [0.1, 0.15) is 0 Å². The van der Waals surface area contributed by atoms with Crippen molar-refractivity contribution in [3.05, 3.63) is 29.8 Å². The normalized spacial score (nSPS) is 23.1. The van der Waals surface area contributed by atoms with Crippen molar-refractivity contribution in [1.82, 2.24) is 0 Å². The topological polar surface area (TPSA) is 0 Å². The van der Waals surface area contributed by atoms with Crippen LogP contribution in [0.2, 0.25) is 0 Å². The van der Waals surface area contributed by atoms with Gasteiger partial charge >= 0.3 is 18.2 Å². The SMILES string of the molecule is CCCCC[C@H]1CC[C@H](c2cccc[c]2[Mg][Br])CC1. The molecule has 0 aromatic heterocycles. The molecule has 19 heavy (non-hydrogen) atoms. The Bertz CT molecular complexity index is 369. The Morgan fingerprint density at radius 2 is 1.84 bits per heavy atom. The van der Waals surface area contributed by atoms with E-state index in [9.17, 15) is 0 Å². The fraction of sp³-hybridized carbons (Fsp3) is 0.647. The number of unbranched alkanes of at least 4 members (excludes halogenated alkanes) is 2. The van der Waals surface area contributed by atoms with E-state index in [4.69, 9.17) is 0 Å². The number of hydrogen-bond acceptors (Lipinski definition) is 0. The van der Waals surface area contributed by atoms with Gasteiger partial charge in [-0.05, 0) is 37.5 Å². The minimum atomic E-state index is -0.200. The number of halogens is 1. The Kier molecular flexibility index (Phi) is 7.25. The van der Waals surface area contributed by atoms with Crippen molar-refractivity contribution in [2.45, 2.75) is 64.2 Å². The zero-order valence-electron chi connectivity index (χ0n) is 12.2. The molecule has 0 spiro atoms. The van der Waals surface area contributed by atoms with Gasteiger partial charge < -0.3 is 0 Å². The molecule has 0 N–H and O–H groups in total. The Hall–Kier alpha value is 0.466. The third-order valence-electron chi connectivity index (χ3n) is 4.70.